The third-order valence-electron chi connectivity index (χ3n) is 2.91. The van der Waals surface area contributed by atoms with E-state index in [1.54, 1.807) is 36.4 Å². The number of amides is 2. The number of methoxy groups -OCH3 is 1. The average molecular weight is 377 g/mol. The van der Waals surface area contributed by atoms with Crippen molar-refractivity contribution in [3.05, 3.63) is 58.6 Å². The van der Waals surface area contributed by atoms with Crippen molar-refractivity contribution in [2.75, 3.05) is 17.7 Å². The molecule has 2 aromatic carbocycles. The SMILES string of the molecule is COC(=O)c1ccccc1NC(=O)C(=O)Nc1ccccc1Br. The van der Waals surface area contributed by atoms with E-state index < -0.39 is 17.8 Å². The van der Waals surface area contributed by atoms with Gasteiger partial charge in [0.05, 0.1) is 24.0 Å². The lowest BCUT2D eigenvalue weighted by Crippen LogP contribution is -2.29. The number of carbonyl (C=O) groups excluding carboxylic acids is 3. The van der Waals surface area contributed by atoms with Crippen molar-refractivity contribution in [3.8, 4) is 0 Å². The summed E-state index contributed by atoms with van der Waals surface area (Å²) in [6, 6.07) is 13.2. The molecule has 6 nitrogen and oxygen atoms in total. The van der Waals surface area contributed by atoms with Gasteiger partial charge in [-0.05, 0) is 40.2 Å². The second kappa shape index (κ2) is 7.55. The second-order valence-electron chi connectivity index (χ2n) is 4.43. The lowest BCUT2D eigenvalue weighted by atomic mass is 10.2. The molecule has 23 heavy (non-hydrogen) atoms. The first-order valence-electron chi connectivity index (χ1n) is 6.57. The van der Waals surface area contributed by atoms with E-state index in [4.69, 9.17) is 0 Å². The molecule has 2 rings (SSSR count). The first kappa shape index (κ1) is 16.7. The molecular formula is C16H13BrN2O4. The molecule has 0 fully saturated rings. The molecule has 2 N–H and O–H groups in total. The Labute approximate surface area is 141 Å². The van der Waals surface area contributed by atoms with E-state index in [1.165, 1.54) is 19.2 Å². The normalized spacial score (nSPS) is 9.83. The van der Waals surface area contributed by atoms with Crippen LogP contribution in [0.5, 0.6) is 0 Å². The van der Waals surface area contributed by atoms with Crippen LogP contribution in [-0.4, -0.2) is 24.9 Å². The van der Waals surface area contributed by atoms with E-state index in [1.807, 2.05) is 0 Å². The van der Waals surface area contributed by atoms with Gasteiger partial charge in [-0.25, -0.2) is 4.79 Å². The molecule has 0 aromatic heterocycles. The van der Waals surface area contributed by atoms with Crippen molar-refractivity contribution in [1.82, 2.24) is 0 Å². The zero-order valence-corrected chi connectivity index (χ0v) is 13.7. The maximum absolute atomic E-state index is 12.0. The number of halogens is 1. The Kier molecular flexibility index (Phi) is 5.48. The van der Waals surface area contributed by atoms with Gasteiger partial charge in [-0.2, -0.15) is 0 Å². The maximum Gasteiger partial charge on any atom is 0.339 e. The molecule has 118 valence electrons. The summed E-state index contributed by atoms with van der Waals surface area (Å²) in [5, 5.41) is 4.88. The molecule has 0 heterocycles. The lowest BCUT2D eigenvalue weighted by Gasteiger charge is -2.10. The molecule has 0 radical (unpaired) electrons. The number of nitrogens with one attached hydrogen (secondary N) is 2. The number of esters is 1. The Hall–Kier alpha value is -2.67. The number of ether oxygens (including phenoxy) is 1. The molecule has 0 saturated heterocycles. The number of rotatable bonds is 3. The quantitative estimate of drug-likeness (QED) is 0.637. The number of benzene rings is 2. The van der Waals surface area contributed by atoms with E-state index in [-0.39, 0.29) is 11.3 Å². The lowest BCUT2D eigenvalue weighted by molar-refractivity contribution is -0.133. The molecule has 0 bridgehead atoms. The monoisotopic (exact) mass is 376 g/mol. The molecule has 0 unspecified atom stereocenters. The van der Waals surface area contributed by atoms with Gasteiger partial charge in [0, 0.05) is 4.47 Å². The van der Waals surface area contributed by atoms with Crippen molar-refractivity contribution in [2.45, 2.75) is 0 Å². The smallest absolute Gasteiger partial charge is 0.339 e. The number of hydrogen-bond donors (Lipinski definition) is 2. The van der Waals surface area contributed by atoms with Crippen LogP contribution in [0.3, 0.4) is 0 Å². The summed E-state index contributed by atoms with van der Waals surface area (Å²) in [6.45, 7) is 0. The zero-order chi connectivity index (χ0) is 16.8. The van der Waals surface area contributed by atoms with Crippen LogP contribution in [0.2, 0.25) is 0 Å². The topological polar surface area (TPSA) is 84.5 Å². The number of hydrogen-bond acceptors (Lipinski definition) is 4. The summed E-state index contributed by atoms with van der Waals surface area (Å²) in [5.41, 5.74) is 0.831. The molecule has 2 aromatic rings. The van der Waals surface area contributed by atoms with Crippen molar-refractivity contribution >= 4 is 45.1 Å². The van der Waals surface area contributed by atoms with Crippen molar-refractivity contribution < 1.29 is 19.1 Å². The highest BCUT2D eigenvalue weighted by molar-refractivity contribution is 9.10. The first-order chi connectivity index (χ1) is 11.0. The summed E-state index contributed by atoms with van der Waals surface area (Å²) in [6.07, 6.45) is 0. The van der Waals surface area contributed by atoms with Gasteiger partial charge in [0.2, 0.25) is 0 Å². The highest BCUT2D eigenvalue weighted by Gasteiger charge is 2.18. The molecule has 0 atom stereocenters. The largest absolute Gasteiger partial charge is 0.465 e. The van der Waals surface area contributed by atoms with Crippen LogP contribution in [0, 0.1) is 0 Å². The van der Waals surface area contributed by atoms with Crippen molar-refractivity contribution in [2.24, 2.45) is 0 Å². The van der Waals surface area contributed by atoms with E-state index in [0.29, 0.717) is 10.2 Å². The first-order valence-corrected chi connectivity index (χ1v) is 7.36. The minimum Gasteiger partial charge on any atom is -0.465 e. The van der Waals surface area contributed by atoms with Crippen LogP contribution in [0.4, 0.5) is 11.4 Å². The van der Waals surface area contributed by atoms with Gasteiger partial charge in [-0.3, -0.25) is 9.59 Å². The summed E-state index contributed by atoms with van der Waals surface area (Å²) in [7, 11) is 1.24. The Bertz CT molecular complexity index is 761. The fourth-order valence-electron chi connectivity index (χ4n) is 1.80. The number of carbonyl (C=O) groups is 3. The van der Waals surface area contributed by atoms with Crippen LogP contribution in [-0.2, 0) is 14.3 Å². The third kappa shape index (κ3) is 4.17. The molecule has 7 heteroatoms. The Balaban J connectivity index is 2.12. The molecule has 0 aliphatic rings. The highest BCUT2D eigenvalue weighted by atomic mass is 79.9. The standard InChI is InChI=1S/C16H13BrN2O4/c1-23-16(22)10-6-2-4-8-12(10)18-14(20)15(21)19-13-9-5-3-7-11(13)17/h2-9H,1H3,(H,18,20)(H,19,21). The van der Waals surface area contributed by atoms with Gasteiger partial charge >= 0.3 is 17.8 Å². The maximum atomic E-state index is 12.0. The predicted octanol–water partition coefficient (Wildman–Crippen LogP) is 2.81. The molecule has 0 saturated carbocycles. The second-order valence-corrected chi connectivity index (χ2v) is 5.28. The summed E-state index contributed by atoms with van der Waals surface area (Å²) < 4.78 is 5.28. The molecule has 0 spiro atoms. The van der Waals surface area contributed by atoms with Gasteiger partial charge in [0.25, 0.3) is 0 Å². The van der Waals surface area contributed by atoms with E-state index in [0.717, 1.165) is 0 Å². The van der Waals surface area contributed by atoms with Crippen molar-refractivity contribution in [3.63, 3.8) is 0 Å². The average Bonchev–Trinajstić information content (AvgIpc) is 2.56. The van der Waals surface area contributed by atoms with Gasteiger partial charge in [-0.1, -0.05) is 24.3 Å². The van der Waals surface area contributed by atoms with E-state index in [9.17, 15) is 14.4 Å². The van der Waals surface area contributed by atoms with Gasteiger partial charge in [-0.15, -0.1) is 0 Å². The van der Waals surface area contributed by atoms with Gasteiger partial charge < -0.3 is 15.4 Å². The van der Waals surface area contributed by atoms with Crippen LogP contribution >= 0.6 is 15.9 Å². The fourth-order valence-corrected chi connectivity index (χ4v) is 2.18. The van der Waals surface area contributed by atoms with E-state index in [2.05, 4.69) is 31.3 Å². The number of para-hydroxylation sites is 2. The molecule has 0 aliphatic carbocycles. The Morgan fingerprint density at radius 2 is 1.39 bits per heavy atom. The van der Waals surface area contributed by atoms with Gasteiger partial charge in [0.15, 0.2) is 0 Å². The third-order valence-corrected chi connectivity index (χ3v) is 3.60. The zero-order valence-electron chi connectivity index (χ0n) is 12.1. The summed E-state index contributed by atoms with van der Waals surface area (Å²) in [4.78, 5) is 35.6. The minimum absolute atomic E-state index is 0.164. The molecule has 2 amide bonds. The minimum atomic E-state index is -0.892. The van der Waals surface area contributed by atoms with Crippen LogP contribution in [0.15, 0.2) is 53.0 Å². The van der Waals surface area contributed by atoms with Crippen LogP contribution in [0.1, 0.15) is 10.4 Å². The highest BCUT2D eigenvalue weighted by Crippen LogP contribution is 2.21. The Morgan fingerprint density at radius 3 is 2.00 bits per heavy atom. The number of anilines is 2. The predicted molar refractivity (Wildman–Crippen MR) is 89.2 cm³/mol. The van der Waals surface area contributed by atoms with Crippen LogP contribution in [0.25, 0.3) is 0 Å². The van der Waals surface area contributed by atoms with Crippen LogP contribution < -0.4 is 10.6 Å². The Morgan fingerprint density at radius 1 is 0.870 bits per heavy atom. The molecular weight excluding hydrogens is 364 g/mol. The summed E-state index contributed by atoms with van der Waals surface area (Å²) >= 11 is 3.27. The molecule has 0 aliphatic heterocycles. The van der Waals surface area contributed by atoms with Crippen molar-refractivity contribution in [1.29, 1.82) is 0 Å². The van der Waals surface area contributed by atoms with E-state index >= 15 is 0 Å². The fraction of sp³-hybridized carbons (Fsp3) is 0.0625. The van der Waals surface area contributed by atoms with Gasteiger partial charge in [0.1, 0.15) is 0 Å². The summed E-state index contributed by atoms with van der Waals surface area (Å²) in [5.74, 6) is -2.35.